The number of ether oxygens (including phenoxy) is 1. The van der Waals surface area contributed by atoms with Crippen LogP contribution >= 0.6 is 22.9 Å². The standard InChI is InChI=1S/C13H14ClN3O2S/c1-3-19-12-10(14)6-9(7-16-12)11(18)17-8(2)13-15-4-5-20-13/h4-8H,3H2,1-2H3,(H,17,18). The van der Waals surface area contributed by atoms with Gasteiger partial charge in [0.05, 0.1) is 18.2 Å². The van der Waals surface area contributed by atoms with Crippen molar-refractivity contribution in [1.29, 1.82) is 0 Å². The summed E-state index contributed by atoms with van der Waals surface area (Å²) < 4.78 is 5.23. The van der Waals surface area contributed by atoms with Crippen molar-refractivity contribution in [3.05, 3.63) is 39.4 Å². The van der Waals surface area contributed by atoms with Gasteiger partial charge in [-0.15, -0.1) is 11.3 Å². The molecule has 0 aliphatic carbocycles. The van der Waals surface area contributed by atoms with Crippen molar-refractivity contribution in [2.24, 2.45) is 0 Å². The van der Waals surface area contributed by atoms with Crippen molar-refractivity contribution < 1.29 is 9.53 Å². The Morgan fingerprint density at radius 2 is 2.35 bits per heavy atom. The first kappa shape index (κ1) is 14.7. The minimum Gasteiger partial charge on any atom is -0.477 e. The summed E-state index contributed by atoms with van der Waals surface area (Å²) in [5, 5.41) is 5.89. The maximum absolute atomic E-state index is 12.1. The second kappa shape index (κ2) is 6.67. The van der Waals surface area contributed by atoms with E-state index in [1.54, 1.807) is 12.3 Å². The molecule has 0 saturated carbocycles. The second-order valence-electron chi connectivity index (χ2n) is 4.01. The number of halogens is 1. The van der Waals surface area contributed by atoms with Crippen LogP contribution in [0.5, 0.6) is 5.88 Å². The van der Waals surface area contributed by atoms with Crippen LogP contribution in [0.1, 0.15) is 35.3 Å². The van der Waals surface area contributed by atoms with Gasteiger partial charge in [-0.05, 0) is 19.9 Å². The highest BCUT2D eigenvalue weighted by molar-refractivity contribution is 7.09. The first-order valence-corrected chi connectivity index (χ1v) is 7.36. The van der Waals surface area contributed by atoms with E-state index in [2.05, 4.69) is 15.3 Å². The maximum atomic E-state index is 12.1. The number of pyridine rings is 1. The lowest BCUT2D eigenvalue weighted by molar-refractivity contribution is 0.0939. The summed E-state index contributed by atoms with van der Waals surface area (Å²) in [7, 11) is 0. The van der Waals surface area contributed by atoms with Gasteiger partial charge in [0.15, 0.2) is 0 Å². The van der Waals surface area contributed by atoms with Crippen LogP contribution in [0.4, 0.5) is 0 Å². The number of amides is 1. The van der Waals surface area contributed by atoms with Gasteiger partial charge in [-0.25, -0.2) is 9.97 Å². The molecule has 0 aliphatic rings. The second-order valence-corrected chi connectivity index (χ2v) is 5.34. The molecular formula is C13H14ClN3O2S. The Labute approximate surface area is 126 Å². The SMILES string of the molecule is CCOc1ncc(C(=O)NC(C)c2nccs2)cc1Cl. The fourth-order valence-electron chi connectivity index (χ4n) is 1.58. The number of rotatable bonds is 5. The van der Waals surface area contributed by atoms with Crippen LogP contribution in [0.2, 0.25) is 5.02 Å². The van der Waals surface area contributed by atoms with Crippen molar-refractivity contribution in [3.8, 4) is 5.88 Å². The molecule has 2 aromatic rings. The zero-order valence-corrected chi connectivity index (χ0v) is 12.7. The monoisotopic (exact) mass is 311 g/mol. The predicted octanol–water partition coefficient (Wildman–Crippen LogP) is 3.08. The Kier molecular flexibility index (Phi) is 4.92. The Balaban J connectivity index is 2.07. The van der Waals surface area contributed by atoms with Crippen LogP contribution in [-0.2, 0) is 0 Å². The quantitative estimate of drug-likeness (QED) is 0.921. The zero-order chi connectivity index (χ0) is 14.5. The Morgan fingerprint density at radius 1 is 1.55 bits per heavy atom. The largest absolute Gasteiger partial charge is 0.477 e. The highest BCUT2D eigenvalue weighted by Crippen LogP contribution is 2.23. The van der Waals surface area contributed by atoms with E-state index in [1.165, 1.54) is 17.5 Å². The number of carbonyl (C=O) groups is 1. The van der Waals surface area contributed by atoms with Crippen LogP contribution in [-0.4, -0.2) is 22.5 Å². The summed E-state index contributed by atoms with van der Waals surface area (Å²) in [5.41, 5.74) is 0.391. The smallest absolute Gasteiger partial charge is 0.253 e. The van der Waals surface area contributed by atoms with Gasteiger partial charge >= 0.3 is 0 Å². The molecule has 20 heavy (non-hydrogen) atoms. The van der Waals surface area contributed by atoms with Crippen LogP contribution < -0.4 is 10.1 Å². The average Bonchev–Trinajstić information content (AvgIpc) is 2.95. The maximum Gasteiger partial charge on any atom is 0.253 e. The molecule has 5 nitrogen and oxygen atoms in total. The first-order valence-electron chi connectivity index (χ1n) is 6.10. The molecule has 0 aromatic carbocycles. The van der Waals surface area contributed by atoms with Crippen LogP contribution in [0, 0.1) is 0 Å². The third kappa shape index (κ3) is 3.46. The number of carbonyl (C=O) groups excluding carboxylic acids is 1. The molecule has 1 atom stereocenters. The molecule has 1 amide bonds. The normalized spacial score (nSPS) is 11.9. The number of hydrogen-bond acceptors (Lipinski definition) is 5. The minimum atomic E-state index is -0.245. The van der Waals surface area contributed by atoms with Crippen molar-refractivity contribution in [1.82, 2.24) is 15.3 Å². The predicted molar refractivity (Wildman–Crippen MR) is 78.4 cm³/mol. The molecule has 1 unspecified atom stereocenters. The van der Waals surface area contributed by atoms with Crippen molar-refractivity contribution in [2.45, 2.75) is 19.9 Å². The van der Waals surface area contributed by atoms with E-state index in [1.807, 2.05) is 19.2 Å². The Bertz CT molecular complexity index is 589. The third-order valence-electron chi connectivity index (χ3n) is 2.52. The van der Waals surface area contributed by atoms with Crippen molar-refractivity contribution >= 4 is 28.8 Å². The van der Waals surface area contributed by atoms with Gasteiger partial charge in [0, 0.05) is 17.8 Å². The van der Waals surface area contributed by atoms with Gasteiger partial charge in [0.25, 0.3) is 5.91 Å². The number of aromatic nitrogens is 2. The molecule has 0 bridgehead atoms. The van der Waals surface area contributed by atoms with Gasteiger partial charge in [0.2, 0.25) is 5.88 Å². The molecule has 0 spiro atoms. The summed E-state index contributed by atoms with van der Waals surface area (Å²) in [4.78, 5) is 20.3. The van der Waals surface area contributed by atoms with E-state index in [0.29, 0.717) is 23.1 Å². The molecule has 2 aromatic heterocycles. The fraction of sp³-hybridized carbons (Fsp3) is 0.308. The zero-order valence-electron chi connectivity index (χ0n) is 11.1. The molecule has 2 heterocycles. The fourth-order valence-corrected chi connectivity index (χ4v) is 2.45. The van der Waals surface area contributed by atoms with E-state index in [9.17, 15) is 4.79 Å². The Hall–Kier alpha value is -1.66. The van der Waals surface area contributed by atoms with E-state index in [-0.39, 0.29) is 11.9 Å². The lowest BCUT2D eigenvalue weighted by Gasteiger charge is -2.12. The summed E-state index contributed by atoms with van der Waals surface area (Å²) in [6.07, 6.45) is 3.15. The van der Waals surface area contributed by atoms with Gasteiger partial charge in [-0.1, -0.05) is 11.6 Å². The molecular weight excluding hydrogens is 298 g/mol. The molecule has 2 rings (SSSR count). The lowest BCUT2D eigenvalue weighted by atomic mass is 10.2. The molecule has 0 aliphatic heterocycles. The number of nitrogens with zero attached hydrogens (tertiary/aromatic N) is 2. The molecule has 1 N–H and O–H groups in total. The van der Waals surface area contributed by atoms with E-state index >= 15 is 0 Å². The van der Waals surface area contributed by atoms with Crippen LogP contribution in [0.25, 0.3) is 0 Å². The minimum absolute atomic E-state index is 0.159. The number of hydrogen-bond donors (Lipinski definition) is 1. The first-order chi connectivity index (χ1) is 9.61. The van der Waals surface area contributed by atoms with E-state index < -0.39 is 0 Å². The topological polar surface area (TPSA) is 64.1 Å². The summed E-state index contributed by atoms with van der Waals surface area (Å²) >= 11 is 7.50. The summed E-state index contributed by atoms with van der Waals surface area (Å²) in [6.45, 7) is 4.19. The third-order valence-corrected chi connectivity index (χ3v) is 3.75. The van der Waals surface area contributed by atoms with Crippen LogP contribution in [0.3, 0.4) is 0 Å². The summed E-state index contributed by atoms with van der Waals surface area (Å²) in [5.74, 6) is 0.0869. The van der Waals surface area contributed by atoms with Gasteiger partial charge in [-0.2, -0.15) is 0 Å². The van der Waals surface area contributed by atoms with Crippen LogP contribution in [0.15, 0.2) is 23.8 Å². The van der Waals surface area contributed by atoms with Gasteiger partial charge in [-0.3, -0.25) is 4.79 Å². The lowest BCUT2D eigenvalue weighted by Crippen LogP contribution is -2.26. The molecule has 0 radical (unpaired) electrons. The molecule has 0 saturated heterocycles. The molecule has 106 valence electrons. The van der Waals surface area contributed by atoms with Gasteiger partial charge < -0.3 is 10.1 Å². The van der Waals surface area contributed by atoms with Crippen molar-refractivity contribution in [2.75, 3.05) is 6.61 Å². The van der Waals surface area contributed by atoms with E-state index in [4.69, 9.17) is 16.3 Å². The van der Waals surface area contributed by atoms with Gasteiger partial charge in [0.1, 0.15) is 10.0 Å². The molecule has 7 heteroatoms. The van der Waals surface area contributed by atoms with Crippen molar-refractivity contribution in [3.63, 3.8) is 0 Å². The number of thiazole rings is 1. The average molecular weight is 312 g/mol. The number of nitrogens with one attached hydrogen (secondary N) is 1. The Morgan fingerprint density at radius 3 is 2.95 bits per heavy atom. The summed E-state index contributed by atoms with van der Waals surface area (Å²) in [6, 6.07) is 1.39. The van der Waals surface area contributed by atoms with E-state index in [0.717, 1.165) is 5.01 Å². The highest BCUT2D eigenvalue weighted by Gasteiger charge is 2.15. The highest BCUT2D eigenvalue weighted by atomic mass is 35.5. The molecule has 0 fully saturated rings.